The van der Waals surface area contributed by atoms with E-state index >= 15 is 0 Å². The molecule has 2 aromatic rings. The number of halogens is 3. The van der Waals surface area contributed by atoms with Crippen molar-refractivity contribution in [2.45, 2.75) is 39.2 Å². The summed E-state index contributed by atoms with van der Waals surface area (Å²) in [5.74, 6) is 0. The Balaban J connectivity index is 1.93. The van der Waals surface area contributed by atoms with E-state index in [1.165, 1.54) is 0 Å². The molecule has 8 heteroatoms. The molecule has 0 aliphatic rings. The van der Waals surface area contributed by atoms with E-state index in [0.717, 1.165) is 18.3 Å². The molecule has 0 aliphatic carbocycles. The maximum absolute atomic E-state index is 12.4. The van der Waals surface area contributed by atoms with Crippen LogP contribution in [0.4, 0.5) is 13.2 Å². The van der Waals surface area contributed by atoms with Gasteiger partial charge in [-0.3, -0.25) is 9.78 Å². The van der Waals surface area contributed by atoms with Crippen molar-refractivity contribution in [1.29, 1.82) is 0 Å². The van der Waals surface area contributed by atoms with Crippen LogP contribution in [0.3, 0.4) is 0 Å². The highest BCUT2D eigenvalue weighted by atomic mass is 19.4. The Bertz CT molecular complexity index is 557. The lowest BCUT2D eigenvalue weighted by Gasteiger charge is -2.10. The molecule has 0 bridgehead atoms. The lowest BCUT2D eigenvalue weighted by molar-refractivity contribution is -0.141. The van der Waals surface area contributed by atoms with Crippen LogP contribution in [0.15, 0.2) is 18.3 Å². The van der Waals surface area contributed by atoms with Crippen LogP contribution in [0, 0.1) is 0 Å². The Morgan fingerprint density at radius 1 is 1.45 bits per heavy atom. The van der Waals surface area contributed by atoms with Crippen LogP contribution in [-0.4, -0.2) is 20.0 Å². The lowest BCUT2D eigenvalue weighted by atomic mass is 10.2. The molecule has 0 spiro atoms. The summed E-state index contributed by atoms with van der Waals surface area (Å²) in [7, 11) is 0. The maximum Gasteiger partial charge on any atom is 0.435 e. The van der Waals surface area contributed by atoms with Crippen molar-refractivity contribution in [1.82, 2.24) is 25.3 Å². The lowest BCUT2D eigenvalue weighted by Crippen LogP contribution is -2.19. The first-order valence-corrected chi connectivity index (χ1v) is 6.28. The van der Waals surface area contributed by atoms with Gasteiger partial charge in [-0.15, -0.1) is 0 Å². The third-order valence-corrected chi connectivity index (χ3v) is 2.95. The largest absolute Gasteiger partial charge is 0.435 e. The highest BCUT2D eigenvalue weighted by Gasteiger charge is 2.33. The quantitative estimate of drug-likeness (QED) is 0.888. The number of rotatable bonds is 5. The van der Waals surface area contributed by atoms with Gasteiger partial charge in [0.25, 0.3) is 0 Å². The molecular weight excluding hydrogens is 271 g/mol. The highest BCUT2D eigenvalue weighted by molar-refractivity contribution is 5.12. The molecule has 0 radical (unpaired) electrons. The van der Waals surface area contributed by atoms with Gasteiger partial charge < -0.3 is 5.32 Å². The summed E-state index contributed by atoms with van der Waals surface area (Å²) in [4.78, 5) is 0. The summed E-state index contributed by atoms with van der Waals surface area (Å²) in [5, 5.41) is 13.1. The van der Waals surface area contributed by atoms with E-state index in [-0.39, 0.29) is 12.6 Å². The molecule has 110 valence electrons. The molecule has 2 rings (SSSR count). The van der Waals surface area contributed by atoms with Crippen LogP contribution in [0.25, 0.3) is 0 Å². The number of nitrogens with zero attached hydrogens (tertiary/aromatic N) is 3. The van der Waals surface area contributed by atoms with Crippen molar-refractivity contribution in [2.75, 3.05) is 0 Å². The van der Waals surface area contributed by atoms with E-state index in [2.05, 4.69) is 20.6 Å². The number of H-pyrrole nitrogens is 1. The van der Waals surface area contributed by atoms with Gasteiger partial charge >= 0.3 is 6.18 Å². The fourth-order valence-corrected chi connectivity index (χ4v) is 1.75. The van der Waals surface area contributed by atoms with Crippen molar-refractivity contribution in [3.05, 3.63) is 35.4 Å². The maximum atomic E-state index is 12.4. The second kappa shape index (κ2) is 5.66. The third kappa shape index (κ3) is 3.38. The fourth-order valence-electron chi connectivity index (χ4n) is 1.75. The molecule has 0 aromatic carbocycles. The van der Waals surface area contributed by atoms with Gasteiger partial charge in [-0.2, -0.15) is 23.4 Å². The van der Waals surface area contributed by atoms with Gasteiger partial charge in [-0.05, 0) is 26.0 Å². The van der Waals surface area contributed by atoms with Gasteiger partial charge in [-0.25, -0.2) is 0 Å². The highest BCUT2D eigenvalue weighted by Crippen LogP contribution is 2.27. The standard InChI is InChI=1S/C12H16F3N5/c1-3-20-5-4-10(19-20)8(2)16-7-9-6-11(18-17-9)12(13,14)15/h4-6,8,16H,3,7H2,1-2H3,(H,17,18). The predicted molar refractivity (Wildman–Crippen MR) is 66.7 cm³/mol. The summed E-state index contributed by atoms with van der Waals surface area (Å²) in [6.45, 7) is 4.94. The Labute approximate surface area is 114 Å². The van der Waals surface area contributed by atoms with Crippen molar-refractivity contribution in [3.63, 3.8) is 0 Å². The summed E-state index contributed by atoms with van der Waals surface area (Å²) in [6.07, 6.45) is -2.55. The number of alkyl halides is 3. The van der Waals surface area contributed by atoms with E-state index < -0.39 is 11.9 Å². The molecule has 0 amide bonds. The number of aromatic amines is 1. The zero-order valence-electron chi connectivity index (χ0n) is 11.2. The Hall–Kier alpha value is -1.83. The Kier molecular flexibility index (Phi) is 4.12. The van der Waals surface area contributed by atoms with Crippen LogP contribution in [0.1, 0.15) is 37.0 Å². The average Bonchev–Trinajstić information content (AvgIpc) is 3.04. The van der Waals surface area contributed by atoms with Gasteiger partial charge in [0.1, 0.15) is 0 Å². The minimum Gasteiger partial charge on any atom is -0.303 e. The monoisotopic (exact) mass is 287 g/mol. The molecule has 1 atom stereocenters. The molecule has 1 unspecified atom stereocenters. The zero-order chi connectivity index (χ0) is 14.8. The Morgan fingerprint density at radius 2 is 2.20 bits per heavy atom. The second-order valence-corrected chi connectivity index (χ2v) is 4.48. The number of nitrogens with one attached hydrogen (secondary N) is 2. The molecule has 2 N–H and O–H groups in total. The van der Waals surface area contributed by atoms with E-state index in [1.807, 2.05) is 26.1 Å². The first-order chi connectivity index (χ1) is 9.40. The van der Waals surface area contributed by atoms with Crippen molar-refractivity contribution >= 4 is 0 Å². The predicted octanol–water partition coefficient (Wildman–Crippen LogP) is 2.50. The summed E-state index contributed by atoms with van der Waals surface area (Å²) < 4.78 is 39.0. The van der Waals surface area contributed by atoms with Gasteiger partial charge in [0, 0.05) is 31.0 Å². The molecule has 0 saturated carbocycles. The molecule has 0 fully saturated rings. The number of aryl methyl sites for hydroxylation is 1. The molecule has 2 heterocycles. The van der Waals surface area contributed by atoms with E-state index in [1.54, 1.807) is 4.68 Å². The van der Waals surface area contributed by atoms with Crippen molar-refractivity contribution in [3.8, 4) is 0 Å². The van der Waals surface area contributed by atoms with Crippen molar-refractivity contribution in [2.24, 2.45) is 0 Å². The average molecular weight is 287 g/mol. The number of hydrogen-bond donors (Lipinski definition) is 2. The number of hydrogen-bond acceptors (Lipinski definition) is 3. The Morgan fingerprint density at radius 3 is 2.75 bits per heavy atom. The first-order valence-electron chi connectivity index (χ1n) is 6.28. The van der Waals surface area contributed by atoms with E-state index in [4.69, 9.17) is 0 Å². The van der Waals surface area contributed by atoms with Crippen LogP contribution in [0.2, 0.25) is 0 Å². The minimum atomic E-state index is -4.42. The summed E-state index contributed by atoms with van der Waals surface area (Å²) in [5.41, 5.74) is 0.332. The van der Waals surface area contributed by atoms with E-state index in [9.17, 15) is 13.2 Å². The zero-order valence-corrected chi connectivity index (χ0v) is 11.2. The van der Waals surface area contributed by atoms with Gasteiger partial charge in [0.2, 0.25) is 0 Å². The minimum absolute atomic E-state index is 0.0552. The van der Waals surface area contributed by atoms with Gasteiger partial charge in [-0.1, -0.05) is 0 Å². The van der Waals surface area contributed by atoms with Crippen LogP contribution in [-0.2, 0) is 19.3 Å². The van der Waals surface area contributed by atoms with Crippen molar-refractivity contribution < 1.29 is 13.2 Å². The third-order valence-electron chi connectivity index (χ3n) is 2.95. The topological polar surface area (TPSA) is 58.5 Å². The smallest absolute Gasteiger partial charge is 0.303 e. The summed E-state index contributed by atoms with van der Waals surface area (Å²) >= 11 is 0. The van der Waals surface area contributed by atoms with E-state index in [0.29, 0.717) is 5.69 Å². The number of aromatic nitrogens is 4. The van der Waals surface area contributed by atoms with Crippen LogP contribution < -0.4 is 5.32 Å². The normalized spacial score (nSPS) is 13.7. The fraction of sp³-hybridized carbons (Fsp3) is 0.500. The van der Waals surface area contributed by atoms with Crippen LogP contribution >= 0.6 is 0 Å². The molecule has 5 nitrogen and oxygen atoms in total. The molecular formula is C12H16F3N5. The van der Waals surface area contributed by atoms with Crippen LogP contribution in [0.5, 0.6) is 0 Å². The first kappa shape index (κ1) is 14.6. The molecule has 0 saturated heterocycles. The van der Waals surface area contributed by atoms with Gasteiger partial charge in [0.15, 0.2) is 5.69 Å². The summed E-state index contributed by atoms with van der Waals surface area (Å²) in [6, 6.07) is 2.83. The molecule has 20 heavy (non-hydrogen) atoms. The second-order valence-electron chi connectivity index (χ2n) is 4.48. The molecule has 0 aliphatic heterocycles. The SMILES string of the molecule is CCn1ccc(C(C)NCc2cc(C(F)(F)F)n[nH]2)n1. The van der Waals surface area contributed by atoms with Gasteiger partial charge in [0.05, 0.1) is 5.69 Å². The molecule has 2 aromatic heterocycles.